The molecule has 0 radical (unpaired) electrons. The van der Waals surface area contributed by atoms with Gasteiger partial charge in [-0.05, 0) is 55.7 Å². The van der Waals surface area contributed by atoms with Crippen LogP contribution in [0.4, 0.5) is 0 Å². The highest BCUT2D eigenvalue weighted by atomic mass is 16.5. The minimum absolute atomic E-state index is 0.0990. The Labute approximate surface area is 154 Å². The second-order valence-corrected chi connectivity index (χ2v) is 7.26. The first-order valence-corrected chi connectivity index (χ1v) is 9.17. The summed E-state index contributed by atoms with van der Waals surface area (Å²) in [5, 5.41) is 13.5. The van der Waals surface area contributed by atoms with Gasteiger partial charge in [-0.3, -0.25) is 9.69 Å². The Balaban J connectivity index is 1.61. The van der Waals surface area contributed by atoms with Crippen molar-refractivity contribution >= 4 is 12.0 Å². The van der Waals surface area contributed by atoms with E-state index < -0.39 is 5.60 Å². The fourth-order valence-corrected chi connectivity index (χ4v) is 3.57. The molecule has 1 fully saturated rings. The van der Waals surface area contributed by atoms with Crippen LogP contribution in [-0.2, 0) is 4.79 Å². The molecule has 0 unspecified atom stereocenters. The summed E-state index contributed by atoms with van der Waals surface area (Å²) in [4.78, 5) is 13.5. The summed E-state index contributed by atoms with van der Waals surface area (Å²) in [6.07, 6.45) is 4.45. The molecule has 6 nitrogen and oxygen atoms in total. The van der Waals surface area contributed by atoms with Crippen molar-refractivity contribution in [1.29, 1.82) is 0 Å². The molecule has 1 atom stereocenters. The number of ether oxygens (including phenoxy) is 2. The summed E-state index contributed by atoms with van der Waals surface area (Å²) in [5.41, 5.74) is 1.46. The van der Waals surface area contributed by atoms with Crippen LogP contribution in [0.15, 0.2) is 23.8 Å². The van der Waals surface area contributed by atoms with Gasteiger partial charge in [0.2, 0.25) is 5.91 Å². The van der Waals surface area contributed by atoms with Crippen molar-refractivity contribution in [2.45, 2.75) is 31.8 Å². The zero-order valence-electron chi connectivity index (χ0n) is 15.6. The van der Waals surface area contributed by atoms with Crippen molar-refractivity contribution in [2.75, 3.05) is 39.9 Å². The highest BCUT2D eigenvalue weighted by Gasteiger charge is 2.30. The molecule has 142 valence electrons. The Morgan fingerprint density at radius 2 is 2.23 bits per heavy atom. The Bertz CT molecular complexity index is 688. The molecule has 6 heteroatoms. The molecular formula is C20H28N2O4. The van der Waals surface area contributed by atoms with E-state index in [0.29, 0.717) is 26.0 Å². The molecular weight excluding hydrogens is 332 g/mol. The highest BCUT2D eigenvalue weighted by Crippen LogP contribution is 2.30. The number of nitrogens with zero attached hydrogens (tertiary/aromatic N) is 1. The molecule has 0 saturated carbocycles. The zero-order valence-corrected chi connectivity index (χ0v) is 15.6. The normalized spacial score (nSPS) is 23.3. The van der Waals surface area contributed by atoms with Crippen molar-refractivity contribution < 1.29 is 19.4 Å². The summed E-state index contributed by atoms with van der Waals surface area (Å²) < 4.78 is 11.2. The standard InChI is InChI=1S/C20H28N2O4/c1-15(23)21-14-20(24)6-3-8-22(9-7-20)12-16-10-17-11-18(25-2)4-5-19(17)26-13-16/h4-5,10-11,24H,3,6-9,12-14H2,1-2H3,(H,21,23)/t20-/m1/s1. The van der Waals surface area contributed by atoms with Crippen LogP contribution in [-0.4, -0.2) is 61.4 Å². The zero-order chi connectivity index (χ0) is 18.6. The van der Waals surface area contributed by atoms with Crippen LogP contribution >= 0.6 is 0 Å². The number of aliphatic hydroxyl groups is 1. The van der Waals surface area contributed by atoms with Gasteiger partial charge in [-0.1, -0.05) is 0 Å². The molecule has 0 aromatic heterocycles. The van der Waals surface area contributed by atoms with Gasteiger partial charge in [0.05, 0.1) is 12.7 Å². The SMILES string of the molecule is COc1ccc2c(c1)C=C(CN1CCC[C@](O)(CNC(C)=O)CC1)CO2. The van der Waals surface area contributed by atoms with E-state index in [1.807, 2.05) is 18.2 Å². The number of rotatable bonds is 5. The van der Waals surface area contributed by atoms with Crippen LogP contribution in [0, 0.1) is 0 Å². The Morgan fingerprint density at radius 1 is 1.38 bits per heavy atom. The topological polar surface area (TPSA) is 71.0 Å². The number of likely N-dealkylation sites (tertiary alicyclic amines) is 1. The van der Waals surface area contributed by atoms with Gasteiger partial charge in [0.15, 0.2) is 0 Å². The first kappa shape index (κ1) is 18.7. The number of amides is 1. The van der Waals surface area contributed by atoms with E-state index in [9.17, 15) is 9.90 Å². The van der Waals surface area contributed by atoms with E-state index in [1.165, 1.54) is 12.5 Å². The van der Waals surface area contributed by atoms with Gasteiger partial charge in [-0.2, -0.15) is 0 Å². The minimum Gasteiger partial charge on any atom is -0.497 e. The van der Waals surface area contributed by atoms with Gasteiger partial charge in [-0.25, -0.2) is 0 Å². The number of carbonyl (C=O) groups excluding carboxylic acids is 1. The molecule has 0 aliphatic carbocycles. The molecule has 0 spiro atoms. The van der Waals surface area contributed by atoms with Crippen LogP contribution < -0.4 is 14.8 Å². The number of benzene rings is 1. The van der Waals surface area contributed by atoms with Gasteiger partial charge >= 0.3 is 0 Å². The number of hydrogen-bond acceptors (Lipinski definition) is 5. The average molecular weight is 360 g/mol. The number of carbonyl (C=O) groups is 1. The van der Waals surface area contributed by atoms with Gasteiger partial charge < -0.3 is 19.9 Å². The first-order valence-electron chi connectivity index (χ1n) is 9.17. The molecule has 2 N–H and O–H groups in total. The summed E-state index contributed by atoms with van der Waals surface area (Å²) in [6, 6.07) is 5.83. The molecule has 0 bridgehead atoms. The molecule has 3 rings (SSSR count). The van der Waals surface area contributed by atoms with Crippen LogP contribution in [0.5, 0.6) is 11.5 Å². The molecule has 2 aliphatic heterocycles. The Kier molecular flexibility index (Phi) is 5.84. The lowest BCUT2D eigenvalue weighted by Crippen LogP contribution is -2.43. The lowest BCUT2D eigenvalue weighted by Gasteiger charge is -2.27. The van der Waals surface area contributed by atoms with E-state index in [0.717, 1.165) is 43.1 Å². The number of hydrogen-bond donors (Lipinski definition) is 2. The molecule has 2 aliphatic rings. The molecule has 1 amide bonds. The molecule has 1 aromatic carbocycles. The summed E-state index contributed by atoms with van der Waals surface area (Å²) in [7, 11) is 1.66. The second kappa shape index (κ2) is 8.10. The summed E-state index contributed by atoms with van der Waals surface area (Å²) in [6.45, 7) is 4.96. The van der Waals surface area contributed by atoms with E-state index in [4.69, 9.17) is 9.47 Å². The molecule has 2 heterocycles. The lowest BCUT2D eigenvalue weighted by molar-refractivity contribution is -0.120. The van der Waals surface area contributed by atoms with Crippen molar-refractivity contribution in [3.8, 4) is 11.5 Å². The third kappa shape index (κ3) is 4.77. The number of methoxy groups -OCH3 is 1. The quantitative estimate of drug-likeness (QED) is 0.838. The number of nitrogens with one attached hydrogen (secondary N) is 1. The first-order chi connectivity index (χ1) is 12.5. The molecule has 1 aromatic rings. The van der Waals surface area contributed by atoms with Gasteiger partial charge in [0, 0.05) is 32.1 Å². The van der Waals surface area contributed by atoms with E-state index >= 15 is 0 Å². The van der Waals surface area contributed by atoms with Crippen molar-refractivity contribution in [2.24, 2.45) is 0 Å². The maximum absolute atomic E-state index is 11.1. The Hall–Kier alpha value is -2.05. The summed E-state index contributed by atoms with van der Waals surface area (Å²) >= 11 is 0. The Morgan fingerprint density at radius 3 is 3.00 bits per heavy atom. The van der Waals surface area contributed by atoms with Crippen LogP contribution in [0.1, 0.15) is 31.7 Å². The van der Waals surface area contributed by atoms with E-state index in [1.54, 1.807) is 7.11 Å². The summed E-state index contributed by atoms with van der Waals surface area (Å²) in [5.74, 6) is 1.61. The third-order valence-electron chi connectivity index (χ3n) is 5.09. The fraction of sp³-hybridized carbons (Fsp3) is 0.550. The average Bonchev–Trinajstić information content (AvgIpc) is 2.81. The maximum Gasteiger partial charge on any atom is 0.216 e. The van der Waals surface area contributed by atoms with E-state index in [-0.39, 0.29) is 5.91 Å². The predicted octanol–water partition coefficient (Wildman–Crippen LogP) is 1.82. The smallest absolute Gasteiger partial charge is 0.216 e. The minimum atomic E-state index is -0.808. The van der Waals surface area contributed by atoms with Crippen LogP contribution in [0.25, 0.3) is 6.08 Å². The highest BCUT2D eigenvalue weighted by molar-refractivity contribution is 5.72. The van der Waals surface area contributed by atoms with Crippen LogP contribution in [0.3, 0.4) is 0 Å². The third-order valence-corrected chi connectivity index (χ3v) is 5.09. The molecule has 1 saturated heterocycles. The van der Waals surface area contributed by atoms with Gasteiger partial charge in [0.1, 0.15) is 18.1 Å². The van der Waals surface area contributed by atoms with E-state index in [2.05, 4.69) is 16.3 Å². The molecule has 26 heavy (non-hydrogen) atoms. The van der Waals surface area contributed by atoms with Crippen molar-refractivity contribution in [3.63, 3.8) is 0 Å². The monoisotopic (exact) mass is 360 g/mol. The predicted molar refractivity (Wildman–Crippen MR) is 100 cm³/mol. The number of fused-ring (bicyclic) bond motifs is 1. The van der Waals surface area contributed by atoms with Gasteiger partial charge in [-0.15, -0.1) is 0 Å². The van der Waals surface area contributed by atoms with Crippen molar-refractivity contribution in [3.05, 3.63) is 29.3 Å². The maximum atomic E-state index is 11.1. The largest absolute Gasteiger partial charge is 0.497 e. The van der Waals surface area contributed by atoms with Gasteiger partial charge in [0.25, 0.3) is 0 Å². The van der Waals surface area contributed by atoms with Crippen molar-refractivity contribution in [1.82, 2.24) is 10.2 Å². The fourth-order valence-electron chi connectivity index (χ4n) is 3.57. The second-order valence-electron chi connectivity index (χ2n) is 7.26. The van der Waals surface area contributed by atoms with Crippen LogP contribution in [0.2, 0.25) is 0 Å². The lowest BCUT2D eigenvalue weighted by atomic mass is 9.95.